The molecule has 0 aliphatic heterocycles. The van der Waals surface area contributed by atoms with Gasteiger partial charge in [-0.05, 0) is 52.2 Å². The zero-order valence-electron chi connectivity index (χ0n) is 10.9. The summed E-state index contributed by atoms with van der Waals surface area (Å²) in [6.07, 6.45) is 1.16. The zero-order valence-corrected chi connectivity index (χ0v) is 14.1. The molecule has 0 saturated heterocycles. The average Bonchev–Trinajstić information content (AvgIpc) is 2.43. The molecule has 8 heteroatoms. The van der Waals surface area contributed by atoms with Crippen LogP contribution in [0.1, 0.15) is 11.1 Å². The minimum Gasteiger partial charge on any atom is -0.242 e. The molecule has 4 nitrogen and oxygen atoms in total. The fourth-order valence-corrected chi connectivity index (χ4v) is 3.22. The third kappa shape index (κ3) is 4.00. The Kier molecular flexibility index (Phi) is 4.98. The monoisotopic (exact) mass is 392 g/mol. The lowest BCUT2D eigenvalue weighted by Crippen LogP contribution is -2.24. The summed E-state index contributed by atoms with van der Waals surface area (Å²) in [5.74, 6) is -0.411. The van der Waals surface area contributed by atoms with Crippen molar-refractivity contribution in [2.45, 2.75) is 18.4 Å². The number of nitrogens with zero attached hydrogens (tertiary/aromatic N) is 1. The molecule has 1 aromatic heterocycles. The maximum atomic E-state index is 13.2. The molecule has 2 aromatic rings. The number of aromatic nitrogens is 1. The van der Waals surface area contributed by atoms with Crippen LogP contribution in [0, 0.1) is 12.7 Å². The number of hydrogen-bond donors (Lipinski definition) is 1. The molecule has 0 atom stereocenters. The van der Waals surface area contributed by atoms with Gasteiger partial charge in [0.25, 0.3) is 0 Å². The molecular formula is C13H11BrClFN2O2S. The Hall–Kier alpha value is -1.02. The average molecular weight is 394 g/mol. The van der Waals surface area contributed by atoms with E-state index in [2.05, 4.69) is 25.6 Å². The van der Waals surface area contributed by atoms with Crippen molar-refractivity contribution in [1.82, 2.24) is 9.71 Å². The lowest BCUT2D eigenvalue weighted by Gasteiger charge is -2.09. The van der Waals surface area contributed by atoms with E-state index in [4.69, 9.17) is 11.6 Å². The van der Waals surface area contributed by atoms with E-state index >= 15 is 0 Å². The Morgan fingerprint density at radius 1 is 1.38 bits per heavy atom. The van der Waals surface area contributed by atoms with Crippen molar-refractivity contribution >= 4 is 37.6 Å². The van der Waals surface area contributed by atoms with Crippen LogP contribution < -0.4 is 4.72 Å². The minimum atomic E-state index is -3.75. The molecule has 0 spiro atoms. The van der Waals surface area contributed by atoms with Gasteiger partial charge in [0.15, 0.2) is 0 Å². The first kappa shape index (κ1) is 16.4. The van der Waals surface area contributed by atoms with Gasteiger partial charge in [-0.1, -0.05) is 17.7 Å². The van der Waals surface area contributed by atoms with Crippen LogP contribution in [0.4, 0.5) is 4.39 Å². The van der Waals surface area contributed by atoms with Gasteiger partial charge in [-0.3, -0.25) is 0 Å². The highest BCUT2D eigenvalue weighted by Gasteiger charge is 2.16. The van der Waals surface area contributed by atoms with Gasteiger partial charge in [0.2, 0.25) is 10.0 Å². The molecule has 1 heterocycles. The second kappa shape index (κ2) is 6.39. The maximum absolute atomic E-state index is 13.2. The lowest BCUT2D eigenvalue weighted by atomic mass is 10.1. The second-order valence-corrected chi connectivity index (χ2v) is 7.32. The predicted octanol–water partition coefficient (Wildman–Crippen LogP) is 3.42. The van der Waals surface area contributed by atoms with Crippen LogP contribution in [0.3, 0.4) is 0 Å². The van der Waals surface area contributed by atoms with Crippen molar-refractivity contribution in [3.05, 3.63) is 57.0 Å². The molecule has 0 amide bonds. The molecule has 0 fully saturated rings. The van der Waals surface area contributed by atoms with E-state index in [0.29, 0.717) is 10.0 Å². The molecule has 1 N–H and O–H groups in total. The van der Waals surface area contributed by atoms with E-state index in [-0.39, 0.29) is 16.6 Å². The Bertz CT molecular complexity index is 784. The van der Waals surface area contributed by atoms with Crippen LogP contribution in [0.25, 0.3) is 0 Å². The Morgan fingerprint density at radius 2 is 2.10 bits per heavy atom. The normalized spacial score (nSPS) is 11.6. The summed E-state index contributed by atoms with van der Waals surface area (Å²) in [6.45, 7) is 1.77. The molecule has 0 saturated carbocycles. The van der Waals surface area contributed by atoms with Crippen LogP contribution >= 0.6 is 27.5 Å². The lowest BCUT2D eigenvalue weighted by molar-refractivity contribution is 0.579. The van der Waals surface area contributed by atoms with Crippen molar-refractivity contribution in [3.8, 4) is 0 Å². The molecule has 0 aliphatic carbocycles. The van der Waals surface area contributed by atoms with E-state index in [1.54, 1.807) is 13.0 Å². The number of sulfonamides is 1. The molecule has 0 unspecified atom stereocenters. The van der Waals surface area contributed by atoms with Gasteiger partial charge < -0.3 is 0 Å². The highest BCUT2D eigenvalue weighted by atomic mass is 79.9. The second-order valence-electron chi connectivity index (χ2n) is 4.34. The number of benzene rings is 1. The van der Waals surface area contributed by atoms with Crippen molar-refractivity contribution < 1.29 is 12.8 Å². The van der Waals surface area contributed by atoms with Crippen molar-refractivity contribution in [1.29, 1.82) is 0 Å². The minimum absolute atomic E-state index is 0.00777. The Morgan fingerprint density at radius 3 is 2.76 bits per heavy atom. The maximum Gasteiger partial charge on any atom is 0.242 e. The first-order chi connectivity index (χ1) is 9.79. The number of nitrogens with one attached hydrogen (secondary N) is 1. The van der Waals surface area contributed by atoms with Crippen LogP contribution in [0.15, 0.2) is 39.8 Å². The van der Waals surface area contributed by atoms with E-state index in [1.807, 2.05) is 0 Å². The highest BCUT2D eigenvalue weighted by Crippen LogP contribution is 2.22. The van der Waals surface area contributed by atoms with Crippen LogP contribution in [-0.2, 0) is 16.6 Å². The van der Waals surface area contributed by atoms with Gasteiger partial charge in [0.1, 0.15) is 15.9 Å². The summed E-state index contributed by atoms with van der Waals surface area (Å²) < 4.78 is 40.3. The number of pyridine rings is 1. The molecule has 2 rings (SSSR count). The van der Waals surface area contributed by atoms with Crippen LogP contribution in [0.5, 0.6) is 0 Å². The summed E-state index contributed by atoms with van der Waals surface area (Å²) in [6, 6.07) is 5.58. The van der Waals surface area contributed by atoms with Crippen LogP contribution in [0.2, 0.25) is 5.15 Å². The molecule has 0 aliphatic rings. The number of halogens is 3. The fourth-order valence-electron chi connectivity index (χ4n) is 1.64. The van der Waals surface area contributed by atoms with Crippen molar-refractivity contribution in [2.24, 2.45) is 0 Å². The standard InChI is InChI=1S/C13H11BrClFN2O2S/c1-8-2-3-10(16)4-9(8)6-18-21(19,20)11-5-12(14)13(15)17-7-11/h2-5,7,18H,6H2,1H3. The molecule has 21 heavy (non-hydrogen) atoms. The first-order valence-corrected chi connectivity index (χ1v) is 8.51. The number of aryl methyl sites for hydroxylation is 1. The summed E-state index contributed by atoms with van der Waals surface area (Å²) in [4.78, 5) is 3.75. The quantitative estimate of drug-likeness (QED) is 0.810. The Balaban J connectivity index is 2.21. The van der Waals surface area contributed by atoms with Gasteiger partial charge in [-0.2, -0.15) is 0 Å². The summed E-state index contributed by atoms with van der Waals surface area (Å²) in [5, 5.41) is 0.176. The first-order valence-electron chi connectivity index (χ1n) is 5.85. The van der Waals surface area contributed by atoms with Crippen molar-refractivity contribution in [2.75, 3.05) is 0 Å². The highest BCUT2D eigenvalue weighted by molar-refractivity contribution is 9.10. The summed E-state index contributed by atoms with van der Waals surface area (Å²) in [7, 11) is -3.75. The molecule has 0 bridgehead atoms. The largest absolute Gasteiger partial charge is 0.242 e. The SMILES string of the molecule is Cc1ccc(F)cc1CNS(=O)(=O)c1cnc(Cl)c(Br)c1. The molecule has 1 aromatic carbocycles. The molecule has 112 valence electrons. The van der Waals surface area contributed by atoms with Gasteiger partial charge in [0.05, 0.1) is 4.47 Å². The van der Waals surface area contributed by atoms with E-state index in [1.165, 1.54) is 18.2 Å². The Labute approximate surface area is 135 Å². The van der Waals surface area contributed by atoms with Gasteiger partial charge >= 0.3 is 0 Å². The van der Waals surface area contributed by atoms with Crippen LogP contribution in [-0.4, -0.2) is 13.4 Å². The van der Waals surface area contributed by atoms with Gasteiger partial charge in [-0.15, -0.1) is 0 Å². The summed E-state index contributed by atoms with van der Waals surface area (Å²) in [5.41, 5.74) is 1.37. The van der Waals surface area contributed by atoms with Crippen molar-refractivity contribution in [3.63, 3.8) is 0 Å². The fraction of sp³-hybridized carbons (Fsp3) is 0.154. The number of rotatable bonds is 4. The van der Waals surface area contributed by atoms with E-state index < -0.39 is 15.8 Å². The van der Waals surface area contributed by atoms with Gasteiger partial charge in [0, 0.05) is 12.7 Å². The third-order valence-corrected chi connectivity index (χ3v) is 5.35. The van der Waals surface area contributed by atoms with E-state index in [9.17, 15) is 12.8 Å². The zero-order chi connectivity index (χ0) is 15.6. The van der Waals surface area contributed by atoms with Gasteiger partial charge in [-0.25, -0.2) is 22.5 Å². The van der Waals surface area contributed by atoms with E-state index in [0.717, 1.165) is 11.8 Å². The topological polar surface area (TPSA) is 59.1 Å². The summed E-state index contributed by atoms with van der Waals surface area (Å²) >= 11 is 8.85. The number of hydrogen-bond acceptors (Lipinski definition) is 3. The smallest absolute Gasteiger partial charge is 0.242 e. The predicted molar refractivity (Wildman–Crippen MR) is 82.1 cm³/mol. The third-order valence-electron chi connectivity index (χ3n) is 2.85. The molecular weight excluding hydrogens is 383 g/mol. The molecule has 0 radical (unpaired) electrons.